The van der Waals surface area contributed by atoms with E-state index in [1.807, 2.05) is 0 Å². The van der Waals surface area contributed by atoms with E-state index in [2.05, 4.69) is 25.8 Å². The summed E-state index contributed by atoms with van der Waals surface area (Å²) in [4.78, 5) is 16.2. The van der Waals surface area contributed by atoms with E-state index in [0.29, 0.717) is 29.0 Å². The van der Waals surface area contributed by atoms with Gasteiger partial charge >= 0.3 is 5.97 Å². The van der Waals surface area contributed by atoms with Crippen molar-refractivity contribution in [2.75, 3.05) is 5.73 Å². The minimum Gasteiger partial charge on any atom is -0.458 e. The monoisotopic (exact) mass is 276 g/mol. The number of ether oxygens (including phenoxy) is 1. The van der Waals surface area contributed by atoms with E-state index >= 15 is 0 Å². The highest BCUT2D eigenvalue weighted by atomic mass is 16.5. The number of rotatable bonds is 3. The zero-order valence-electron chi connectivity index (χ0n) is 12.5. The van der Waals surface area contributed by atoms with Crippen LogP contribution in [0.15, 0.2) is 18.5 Å². The van der Waals surface area contributed by atoms with Gasteiger partial charge in [0, 0.05) is 6.20 Å². The van der Waals surface area contributed by atoms with Crippen LogP contribution in [0.1, 0.15) is 50.4 Å². The van der Waals surface area contributed by atoms with Gasteiger partial charge in [-0.25, -0.2) is 4.79 Å². The highest BCUT2D eigenvalue weighted by Gasteiger charge is 2.33. The van der Waals surface area contributed by atoms with Gasteiger partial charge in [0.25, 0.3) is 0 Å². The van der Waals surface area contributed by atoms with Gasteiger partial charge in [0.15, 0.2) is 0 Å². The molecular weight excluding hydrogens is 252 g/mol. The van der Waals surface area contributed by atoms with Crippen molar-refractivity contribution in [3.63, 3.8) is 0 Å². The lowest BCUT2D eigenvalue weighted by molar-refractivity contribution is -0.0173. The molecule has 1 aromatic rings. The van der Waals surface area contributed by atoms with Gasteiger partial charge in [0.1, 0.15) is 6.10 Å². The molecule has 1 aliphatic rings. The maximum Gasteiger partial charge on any atom is 0.340 e. The van der Waals surface area contributed by atoms with Crippen molar-refractivity contribution >= 4 is 11.7 Å². The Morgan fingerprint density at radius 2 is 2.20 bits per heavy atom. The Labute approximate surface area is 120 Å². The van der Waals surface area contributed by atoms with Crippen molar-refractivity contribution in [2.24, 2.45) is 17.8 Å². The van der Waals surface area contributed by atoms with E-state index in [1.165, 1.54) is 12.6 Å². The van der Waals surface area contributed by atoms with E-state index in [-0.39, 0.29) is 12.1 Å². The zero-order valence-corrected chi connectivity index (χ0v) is 12.5. The molecule has 4 nitrogen and oxygen atoms in total. The number of hydrogen-bond donors (Lipinski definition) is 1. The van der Waals surface area contributed by atoms with Crippen LogP contribution in [-0.4, -0.2) is 17.1 Å². The van der Waals surface area contributed by atoms with Gasteiger partial charge in [0.05, 0.1) is 17.4 Å². The maximum atomic E-state index is 12.3. The molecule has 0 radical (unpaired) electrons. The summed E-state index contributed by atoms with van der Waals surface area (Å²) in [6, 6.07) is 1.62. The Balaban J connectivity index is 2.10. The predicted octanol–water partition coefficient (Wildman–Crippen LogP) is 3.28. The Bertz CT molecular complexity index is 473. The lowest BCUT2D eigenvalue weighted by Crippen LogP contribution is -2.36. The molecule has 1 heterocycles. The Morgan fingerprint density at radius 1 is 1.45 bits per heavy atom. The van der Waals surface area contributed by atoms with Crippen LogP contribution in [0.5, 0.6) is 0 Å². The number of carbonyl (C=O) groups is 1. The van der Waals surface area contributed by atoms with Gasteiger partial charge in [-0.1, -0.05) is 27.2 Å². The molecule has 0 aliphatic heterocycles. The fourth-order valence-electron chi connectivity index (χ4n) is 3.04. The minimum atomic E-state index is -0.324. The van der Waals surface area contributed by atoms with Crippen LogP contribution in [-0.2, 0) is 4.74 Å². The molecule has 0 bridgehead atoms. The molecule has 2 N–H and O–H groups in total. The molecule has 0 amide bonds. The molecule has 1 saturated carbocycles. The quantitative estimate of drug-likeness (QED) is 0.860. The van der Waals surface area contributed by atoms with E-state index in [4.69, 9.17) is 10.5 Å². The number of nitrogens with zero attached hydrogens (tertiary/aromatic N) is 1. The van der Waals surface area contributed by atoms with E-state index in [9.17, 15) is 4.79 Å². The first kappa shape index (κ1) is 14.8. The fraction of sp³-hybridized carbons (Fsp3) is 0.625. The molecule has 0 saturated heterocycles. The first-order valence-electron chi connectivity index (χ1n) is 7.39. The summed E-state index contributed by atoms with van der Waals surface area (Å²) < 4.78 is 5.76. The summed E-state index contributed by atoms with van der Waals surface area (Å²) in [6.07, 6.45) is 6.34. The van der Waals surface area contributed by atoms with E-state index in [0.717, 1.165) is 12.8 Å². The zero-order chi connectivity index (χ0) is 14.7. The van der Waals surface area contributed by atoms with Crippen molar-refractivity contribution in [3.05, 3.63) is 24.0 Å². The van der Waals surface area contributed by atoms with Gasteiger partial charge in [-0.15, -0.1) is 0 Å². The Hall–Kier alpha value is -1.58. The minimum absolute atomic E-state index is 0.00110. The summed E-state index contributed by atoms with van der Waals surface area (Å²) >= 11 is 0. The highest BCUT2D eigenvalue weighted by molar-refractivity contribution is 5.94. The van der Waals surface area contributed by atoms with Crippen molar-refractivity contribution < 1.29 is 9.53 Å². The molecular formula is C16H24N2O2. The van der Waals surface area contributed by atoms with Crippen LogP contribution in [0.4, 0.5) is 5.69 Å². The molecule has 3 atom stereocenters. The van der Waals surface area contributed by atoms with Crippen LogP contribution >= 0.6 is 0 Å². The van der Waals surface area contributed by atoms with Crippen LogP contribution in [0.2, 0.25) is 0 Å². The largest absolute Gasteiger partial charge is 0.458 e. The van der Waals surface area contributed by atoms with Crippen LogP contribution < -0.4 is 5.73 Å². The van der Waals surface area contributed by atoms with Gasteiger partial charge in [-0.3, -0.25) is 4.98 Å². The number of anilines is 1. The average molecular weight is 276 g/mol. The van der Waals surface area contributed by atoms with E-state index < -0.39 is 0 Å². The third-order valence-corrected chi connectivity index (χ3v) is 4.29. The second-order valence-corrected chi connectivity index (χ2v) is 6.23. The summed E-state index contributed by atoms with van der Waals surface area (Å²) in [5, 5.41) is 0. The third kappa shape index (κ3) is 3.30. The molecule has 1 fully saturated rings. The third-order valence-electron chi connectivity index (χ3n) is 4.29. The van der Waals surface area contributed by atoms with Gasteiger partial charge in [-0.2, -0.15) is 0 Å². The van der Waals surface area contributed by atoms with Crippen molar-refractivity contribution in [3.8, 4) is 0 Å². The Kier molecular flexibility index (Phi) is 4.63. The number of nitrogens with two attached hydrogens (primary N) is 1. The number of esters is 1. The van der Waals surface area contributed by atoms with Crippen LogP contribution in [0.25, 0.3) is 0 Å². The number of nitrogen functional groups attached to an aromatic ring is 1. The average Bonchev–Trinajstić information content (AvgIpc) is 2.38. The molecule has 0 spiro atoms. The summed E-state index contributed by atoms with van der Waals surface area (Å²) in [6.45, 7) is 6.61. The fourth-order valence-corrected chi connectivity index (χ4v) is 3.04. The first-order chi connectivity index (χ1) is 9.49. The second-order valence-electron chi connectivity index (χ2n) is 6.23. The smallest absolute Gasteiger partial charge is 0.340 e. The molecule has 3 unspecified atom stereocenters. The molecule has 1 aliphatic carbocycles. The van der Waals surface area contributed by atoms with Crippen LogP contribution in [0, 0.1) is 17.8 Å². The topological polar surface area (TPSA) is 65.2 Å². The maximum absolute atomic E-state index is 12.3. The van der Waals surface area contributed by atoms with Crippen LogP contribution in [0.3, 0.4) is 0 Å². The van der Waals surface area contributed by atoms with E-state index in [1.54, 1.807) is 12.3 Å². The van der Waals surface area contributed by atoms with Crippen molar-refractivity contribution in [2.45, 2.75) is 46.1 Å². The normalized spacial score (nSPS) is 26.5. The molecule has 2 rings (SSSR count). The first-order valence-corrected chi connectivity index (χ1v) is 7.39. The van der Waals surface area contributed by atoms with Gasteiger partial charge < -0.3 is 10.5 Å². The van der Waals surface area contributed by atoms with Gasteiger partial charge in [0.2, 0.25) is 0 Å². The van der Waals surface area contributed by atoms with Gasteiger partial charge in [-0.05, 0) is 36.7 Å². The lowest BCUT2D eigenvalue weighted by Gasteiger charge is -2.36. The molecule has 0 aromatic carbocycles. The standard InChI is InChI=1S/C16H24N2O2/c1-10(2)12-5-4-11(3)8-15(12)20-16(19)13-6-7-18-9-14(13)17/h6-7,9-12,15H,4-5,8,17H2,1-3H3. The SMILES string of the molecule is CC1CCC(C(C)C)C(OC(=O)c2ccncc2N)C1. The molecule has 1 aromatic heterocycles. The summed E-state index contributed by atoms with van der Waals surface area (Å²) in [5.74, 6) is 1.25. The number of aromatic nitrogens is 1. The lowest BCUT2D eigenvalue weighted by atomic mass is 9.75. The number of pyridine rings is 1. The van der Waals surface area contributed by atoms with Crippen molar-refractivity contribution in [1.29, 1.82) is 0 Å². The number of hydrogen-bond acceptors (Lipinski definition) is 4. The molecule has 4 heteroatoms. The summed E-state index contributed by atoms with van der Waals surface area (Å²) in [7, 11) is 0. The predicted molar refractivity (Wildman–Crippen MR) is 79.2 cm³/mol. The number of carbonyl (C=O) groups excluding carboxylic acids is 1. The van der Waals surface area contributed by atoms with Crippen molar-refractivity contribution in [1.82, 2.24) is 4.98 Å². The highest BCUT2D eigenvalue weighted by Crippen LogP contribution is 2.35. The second kappa shape index (κ2) is 6.25. The Morgan fingerprint density at radius 3 is 2.85 bits per heavy atom. The summed E-state index contributed by atoms with van der Waals surface area (Å²) in [5.41, 5.74) is 6.58. The molecule has 20 heavy (non-hydrogen) atoms. The molecule has 110 valence electrons.